The second-order valence-electron chi connectivity index (χ2n) is 6.32. The molecule has 0 unspecified atom stereocenters. The number of ether oxygens (including phenoxy) is 2. The number of hydrogen-bond acceptors (Lipinski definition) is 7. The monoisotopic (exact) mass is 463 g/mol. The van der Waals surface area contributed by atoms with E-state index in [4.69, 9.17) is 9.15 Å². The molecule has 0 aliphatic heterocycles. The number of halogens is 2. The molecule has 1 aromatic carbocycles. The number of rotatable bonds is 9. The van der Waals surface area contributed by atoms with Crippen LogP contribution in [0.1, 0.15) is 18.2 Å². The van der Waals surface area contributed by atoms with Gasteiger partial charge in [0.1, 0.15) is 11.5 Å². The van der Waals surface area contributed by atoms with E-state index in [0.717, 1.165) is 0 Å². The van der Waals surface area contributed by atoms with Gasteiger partial charge >= 0.3 is 6.61 Å². The number of amides is 2. The molecule has 168 valence electrons. The van der Waals surface area contributed by atoms with Crippen molar-refractivity contribution in [2.75, 3.05) is 12.4 Å². The zero-order valence-electron chi connectivity index (χ0n) is 17.1. The number of nitrogens with one attached hydrogen (secondary N) is 2. The van der Waals surface area contributed by atoms with E-state index in [1.54, 1.807) is 17.5 Å². The summed E-state index contributed by atoms with van der Waals surface area (Å²) in [6.45, 7) is -1.28. The smallest absolute Gasteiger partial charge is 0.387 e. The molecule has 3 aromatic rings. The fraction of sp³-hybridized carbons (Fsp3) is 0.190. The molecule has 2 N–H and O–H groups in total. The number of hydrogen-bond donors (Lipinski definition) is 2. The largest absolute Gasteiger partial charge is 0.493 e. The molecule has 0 bridgehead atoms. The highest BCUT2D eigenvalue weighted by Gasteiger charge is 2.12. The van der Waals surface area contributed by atoms with Crippen LogP contribution in [0.5, 0.6) is 11.5 Å². The van der Waals surface area contributed by atoms with Crippen LogP contribution in [0.4, 0.5) is 13.9 Å². The van der Waals surface area contributed by atoms with Gasteiger partial charge in [-0.2, -0.15) is 8.78 Å². The minimum Gasteiger partial charge on any atom is -0.493 e. The highest BCUT2D eigenvalue weighted by atomic mass is 32.1. The second kappa shape index (κ2) is 10.5. The Hall–Kier alpha value is -3.73. The number of carbonyl (C=O) groups is 2. The van der Waals surface area contributed by atoms with E-state index >= 15 is 0 Å². The lowest BCUT2D eigenvalue weighted by molar-refractivity contribution is -0.119. The van der Waals surface area contributed by atoms with Gasteiger partial charge in [0.25, 0.3) is 0 Å². The third-order valence-corrected chi connectivity index (χ3v) is 4.75. The van der Waals surface area contributed by atoms with Crippen molar-refractivity contribution in [1.82, 2.24) is 10.3 Å². The van der Waals surface area contributed by atoms with E-state index in [1.165, 1.54) is 55.7 Å². The molecule has 2 aromatic heterocycles. The predicted molar refractivity (Wildman–Crippen MR) is 115 cm³/mol. The average molecular weight is 463 g/mol. The number of furan rings is 1. The van der Waals surface area contributed by atoms with Crippen LogP contribution >= 0.6 is 11.3 Å². The van der Waals surface area contributed by atoms with E-state index in [2.05, 4.69) is 20.4 Å². The minimum absolute atomic E-state index is 0.0995. The van der Waals surface area contributed by atoms with Gasteiger partial charge in [0.2, 0.25) is 11.8 Å². The van der Waals surface area contributed by atoms with Gasteiger partial charge in [-0.25, -0.2) is 4.98 Å². The van der Waals surface area contributed by atoms with Crippen molar-refractivity contribution in [1.29, 1.82) is 0 Å². The van der Waals surface area contributed by atoms with Crippen LogP contribution < -0.4 is 20.1 Å². The van der Waals surface area contributed by atoms with Crippen LogP contribution in [-0.4, -0.2) is 30.5 Å². The highest BCUT2D eigenvalue weighted by Crippen LogP contribution is 2.30. The number of carbonyl (C=O) groups excluding carboxylic acids is 2. The van der Waals surface area contributed by atoms with E-state index in [9.17, 15) is 18.4 Å². The normalized spacial score (nSPS) is 11.0. The molecule has 0 spiro atoms. The molecule has 0 atom stereocenters. The van der Waals surface area contributed by atoms with Gasteiger partial charge in [0.05, 0.1) is 13.7 Å². The topological polar surface area (TPSA) is 103 Å². The first-order valence-electron chi connectivity index (χ1n) is 9.25. The summed E-state index contributed by atoms with van der Waals surface area (Å²) in [7, 11) is 1.33. The Morgan fingerprint density at radius 1 is 1.25 bits per heavy atom. The molecule has 0 aliphatic rings. The number of methoxy groups -OCH3 is 1. The molecule has 32 heavy (non-hydrogen) atoms. The van der Waals surface area contributed by atoms with Crippen molar-refractivity contribution in [3.63, 3.8) is 0 Å². The van der Waals surface area contributed by atoms with Crippen molar-refractivity contribution >= 4 is 34.4 Å². The highest BCUT2D eigenvalue weighted by molar-refractivity contribution is 7.14. The molecule has 3 rings (SSSR count). The predicted octanol–water partition coefficient (Wildman–Crippen LogP) is 4.30. The van der Waals surface area contributed by atoms with Gasteiger partial charge in [-0.1, -0.05) is 6.07 Å². The number of benzene rings is 1. The Labute approximate surface area is 185 Å². The standard InChI is InChI=1S/C21H19F2N3O5S/c1-12(27)24-10-14-5-7-16(30-14)15-11-32-21(25-15)26-19(28)8-4-13-3-6-17(31-20(22)23)18(9-13)29-2/h3-9,11,20H,10H2,1-2H3,(H,24,27)(H,25,26,28)/b8-4+. The summed E-state index contributed by atoms with van der Waals surface area (Å²) >= 11 is 1.22. The van der Waals surface area contributed by atoms with Gasteiger partial charge in [0.15, 0.2) is 22.4 Å². The summed E-state index contributed by atoms with van der Waals surface area (Å²) in [6, 6.07) is 7.78. The van der Waals surface area contributed by atoms with Crippen LogP contribution in [0.3, 0.4) is 0 Å². The number of alkyl halides is 2. The van der Waals surface area contributed by atoms with Crippen LogP contribution in [0.2, 0.25) is 0 Å². The zero-order chi connectivity index (χ0) is 23.1. The maximum atomic E-state index is 12.4. The third-order valence-electron chi connectivity index (χ3n) is 3.99. The molecule has 2 amide bonds. The average Bonchev–Trinajstić information content (AvgIpc) is 3.40. The molecule has 0 fully saturated rings. The summed E-state index contributed by atoms with van der Waals surface area (Å²) in [5.41, 5.74) is 1.10. The van der Waals surface area contributed by atoms with Gasteiger partial charge in [-0.3, -0.25) is 14.9 Å². The lowest BCUT2D eigenvalue weighted by atomic mass is 10.2. The SMILES string of the molecule is COc1cc(/C=C/C(=O)Nc2nc(-c3ccc(CNC(C)=O)o3)cs2)ccc1OC(F)F. The number of nitrogens with zero attached hydrogens (tertiary/aromatic N) is 1. The summed E-state index contributed by atoms with van der Waals surface area (Å²) in [5, 5.41) is 7.38. The maximum absolute atomic E-state index is 12.4. The van der Waals surface area contributed by atoms with E-state index < -0.39 is 12.5 Å². The second-order valence-corrected chi connectivity index (χ2v) is 7.18. The van der Waals surface area contributed by atoms with E-state index in [1.807, 2.05) is 0 Å². The van der Waals surface area contributed by atoms with E-state index in [-0.39, 0.29) is 24.0 Å². The fourth-order valence-electron chi connectivity index (χ4n) is 2.57. The van der Waals surface area contributed by atoms with Crippen LogP contribution in [0.25, 0.3) is 17.5 Å². The summed E-state index contributed by atoms with van der Waals surface area (Å²) in [6.07, 6.45) is 2.78. The Balaban J connectivity index is 1.60. The Kier molecular flexibility index (Phi) is 7.55. The summed E-state index contributed by atoms with van der Waals surface area (Å²) < 4.78 is 39.8. The van der Waals surface area contributed by atoms with Gasteiger partial charge < -0.3 is 19.2 Å². The summed E-state index contributed by atoms with van der Waals surface area (Å²) in [5.74, 6) is 0.522. The van der Waals surface area contributed by atoms with Crippen molar-refractivity contribution < 1.29 is 32.3 Å². The lowest BCUT2D eigenvalue weighted by Gasteiger charge is -2.10. The van der Waals surface area contributed by atoms with Crippen LogP contribution in [0.15, 0.2) is 46.2 Å². The van der Waals surface area contributed by atoms with Crippen molar-refractivity contribution in [3.8, 4) is 23.0 Å². The van der Waals surface area contributed by atoms with Crippen molar-refractivity contribution in [3.05, 3.63) is 53.1 Å². The van der Waals surface area contributed by atoms with Crippen molar-refractivity contribution in [2.24, 2.45) is 0 Å². The number of anilines is 1. The first-order valence-corrected chi connectivity index (χ1v) is 10.1. The quantitative estimate of drug-likeness (QED) is 0.459. The molecular formula is C21H19F2N3O5S. The van der Waals surface area contributed by atoms with Crippen molar-refractivity contribution in [2.45, 2.75) is 20.1 Å². The molecule has 0 aliphatic carbocycles. The van der Waals surface area contributed by atoms with E-state index in [0.29, 0.717) is 27.9 Å². The minimum atomic E-state index is -2.97. The number of thiazole rings is 1. The Morgan fingerprint density at radius 2 is 2.06 bits per heavy atom. The molecule has 0 radical (unpaired) electrons. The third kappa shape index (κ3) is 6.38. The van der Waals surface area contributed by atoms with Crippen LogP contribution in [-0.2, 0) is 16.1 Å². The number of aromatic nitrogens is 1. The molecule has 2 heterocycles. The van der Waals surface area contributed by atoms with Crippen LogP contribution in [0, 0.1) is 0 Å². The first kappa shape index (κ1) is 22.9. The lowest BCUT2D eigenvalue weighted by Crippen LogP contribution is -2.18. The van der Waals surface area contributed by atoms with Gasteiger partial charge in [-0.15, -0.1) is 11.3 Å². The summed E-state index contributed by atoms with van der Waals surface area (Å²) in [4.78, 5) is 27.5. The van der Waals surface area contributed by atoms with Gasteiger partial charge in [0, 0.05) is 18.4 Å². The Morgan fingerprint density at radius 3 is 2.78 bits per heavy atom. The van der Waals surface area contributed by atoms with Gasteiger partial charge in [-0.05, 0) is 35.9 Å². The zero-order valence-corrected chi connectivity index (χ0v) is 17.9. The fourth-order valence-corrected chi connectivity index (χ4v) is 3.27. The molecule has 0 saturated heterocycles. The Bertz CT molecular complexity index is 1130. The first-order chi connectivity index (χ1) is 15.3. The molecule has 8 nitrogen and oxygen atoms in total. The molecule has 11 heteroatoms. The maximum Gasteiger partial charge on any atom is 0.387 e. The molecule has 0 saturated carbocycles. The molecular weight excluding hydrogens is 444 g/mol.